The molecule has 3 aliphatic rings. The third-order valence-corrected chi connectivity index (χ3v) is 5.82. The highest BCUT2D eigenvalue weighted by Crippen LogP contribution is 2.51. The Bertz CT molecular complexity index is 424. The number of likely N-dealkylation sites (tertiary alicyclic amines) is 1. The van der Waals surface area contributed by atoms with Crippen LogP contribution in [0.4, 0.5) is 0 Å². The Balaban J connectivity index is 1.61. The maximum Gasteiger partial charge on any atom is 0.193 e. The van der Waals surface area contributed by atoms with E-state index in [2.05, 4.69) is 29.1 Å². The summed E-state index contributed by atoms with van der Waals surface area (Å²) in [6, 6.07) is 0.470. The second-order valence-electron chi connectivity index (χ2n) is 7.64. The molecule has 3 rings (SSSR count). The van der Waals surface area contributed by atoms with E-state index in [1.165, 1.54) is 19.3 Å². The molecule has 0 aromatic heterocycles. The van der Waals surface area contributed by atoms with Gasteiger partial charge >= 0.3 is 0 Å². The predicted molar refractivity (Wildman–Crippen MR) is 88.1 cm³/mol. The van der Waals surface area contributed by atoms with Gasteiger partial charge in [-0.3, -0.25) is 4.99 Å². The van der Waals surface area contributed by atoms with Gasteiger partial charge in [0.1, 0.15) is 0 Å². The maximum atomic E-state index is 6.00. The van der Waals surface area contributed by atoms with Crippen LogP contribution in [0, 0.1) is 17.3 Å². The molecule has 0 amide bonds. The number of hydrogen-bond acceptors (Lipinski definition) is 3. The molecular formula is C17H31N3O2. The fourth-order valence-corrected chi connectivity index (χ4v) is 4.65. The second kappa shape index (κ2) is 6.36. The third kappa shape index (κ3) is 2.73. The van der Waals surface area contributed by atoms with Crippen LogP contribution >= 0.6 is 0 Å². The number of hydrogen-bond donors (Lipinski definition) is 1. The SMILES string of the molecule is CN=C(NC1C2CCCOC2C1(C)C)N1CCC(COC)C1. The lowest BCUT2D eigenvalue weighted by Gasteiger charge is -2.60. The summed E-state index contributed by atoms with van der Waals surface area (Å²) in [4.78, 5) is 6.93. The molecule has 2 heterocycles. The highest BCUT2D eigenvalue weighted by atomic mass is 16.5. The molecule has 1 saturated carbocycles. The largest absolute Gasteiger partial charge is 0.384 e. The smallest absolute Gasteiger partial charge is 0.193 e. The van der Waals surface area contributed by atoms with Crippen LogP contribution in [0.1, 0.15) is 33.1 Å². The Hall–Kier alpha value is -0.810. The average molecular weight is 309 g/mol. The fourth-order valence-electron chi connectivity index (χ4n) is 4.65. The molecule has 0 aromatic rings. The molecule has 5 nitrogen and oxygen atoms in total. The standard InChI is InChI=1S/C17H31N3O2/c1-17(2)14(13-6-5-9-22-15(13)17)19-16(18-3)20-8-7-12(10-20)11-21-4/h12-15H,5-11H2,1-4H3,(H,18,19). The van der Waals surface area contributed by atoms with Crippen LogP contribution in [0.15, 0.2) is 4.99 Å². The van der Waals surface area contributed by atoms with Gasteiger partial charge in [-0.15, -0.1) is 0 Å². The molecule has 0 aromatic carbocycles. The normalized spacial score (nSPS) is 37.6. The highest BCUT2D eigenvalue weighted by molar-refractivity contribution is 5.80. The summed E-state index contributed by atoms with van der Waals surface area (Å²) in [5.41, 5.74) is 0.187. The van der Waals surface area contributed by atoms with Crippen LogP contribution in [-0.4, -0.2) is 63.5 Å². The first kappa shape index (κ1) is 16.1. The van der Waals surface area contributed by atoms with Crippen LogP contribution in [0.2, 0.25) is 0 Å². The van der Waals surface area contributed by atoms with Gasteiger partial charge in [0.2, 0.25) is 0 Å². The van der Waals surface area contributed by atoms with Crippen molar-refractivity contribution >= 4 is 5.96 Å². The molecule has 1 N–H and O–H groups in total. The van der Waals surface area contributed by atoms with Crippen LogP contribution in [0.25, 0.3) is 0 Å². The summed E-state index contributed by atoms with van der Waals surface area (Å²) in [5.74, 6) is 2.32. The number of ether oxygens (including phenoxy) is 2. The van der Waals surface area contributed by atoms with Crippen molar-refractivity contribution in [2.75, 3.05) is 40.5 Å². The number of rotatable bonds is 3. The Morgan fingerprint density at radius 3 is 2.95 bits per heavy atom. The van der Waals surface area contributed by atoms with Crippen molar-refractivity contribution in [1.29, 1.82) is 0 Å². The minimum atomic E-state index is 0.187. The summed E-state index contributed by atoms with van der Waals surface area (Å²) in [7, 11) is 3.68. The second-order valence-corrected chi connectivity index (χ2v) is 7.64. The molecule has 4 unspecified atom stereocenters. The Kier molecular flexibility index (Phi) is 4.64. The Labute approximate surface area is 134 Å². The lowest BCUT2D eigenvalue weighted by molar-refractivity contribution is -0.188. The minimum absolute atomic E-state index is 0.187. The van der Waals surface area contributed by atoms with Gasteiger partial charge in [0.25, 0.3) is 0 Å². The van der Waals surface area contributed by atoms with Crippen molar-refractivity contribution in [1.82, 2.24) is 10.2 Å². The van der Waals surface area contributed by atoms with E-state index >= 15 is 0 Å². The summed E-state index contributed by atoms with van der Waals surface area (Å²) < 4.78 is 11.3. The molecule has 0 bridgehead atoms. The number of methoxy groups -OCH3 is 1. The van der Waals surface area contributed by atoms with Crippen molar-refractivity contribution in [3.8, 4) is 0 Å². The molecule has 5 heteroatoms. The summed E-state index contributed by atoms with van der Waals surface area (Å²) in [5, 5.41) is 3.75. The zero-order chi connectivity index (χ0) is 15.7. The van der Waals surface area contributed by atoms with Crippen LogP contribution < -0.4 is 5.32 Å². The van der Waals surface area contributed by atoms with Gasteiger partial charge in [0, 0.05) is 57.1 Å². The number of nitrogens with zero attached hydrogens (tertiary/aromatic N) is 2. The molecule has 2 saturated heterocycles. The van der Waals surface area contributed by atoms with E-state index in [1.54, 1.807) is 7.11 Å². The molecular weight excluding hydrogens is 278 g/mol. The van der Waals surface area contributed by atoms with Crippen molar-refractivity contribution in [3.05, 3.63) is 0 Å². The lowest BCUT2D eigenvalue weighted by atomic mass is 9.55. The number of nitrogens with one attached hydrogen (secondary N) is 1. The first-order valence-corrected chi connectivity index (χ1v) is 8.66. The van der Waals surface area contributed by atoms with Crippen molar-refractivity contribution in [2.24, 2.45) is 22.2 Å². The fraction of sp³-hybridized carbons (Fsp3) is 0.941. The van der Waals surface area contributed by atoms with Crippen molar-refractivity contribution in [2.45, 2.75) is 45.3 Å². The Morgan fingerprint density at radius 1 is 1.41 bits per heavy atom. The highest BCUT2D eigenvalue weighted by Gasteiger charge is 2.58. The van der Waals surface area contributed by atoms with Gasteiger partial charge in [0.15, 0.2) is 5.96 Å². The average Bonchev–Trinajstić information content (AvgIpc) is 2.97. The van der Waals surface area contributed by atoms with E-state index in [0.29, 0.717) is 24.0 Å². The van der Waals surface area contributed by atoms with Crippen LogP contribution in [0.3, 0.4) is 0 Å². The van der Waals surface area contributed by atoms with Crippen LogP contribution in [-0.2, 0) is 9.47 Å². The molecule has 1 aliphatic carbocycles. The van der Waals surface area contributed by atoms with Crippen LogP contribution in [0.5, 0.6) is 0 Å². The van der Waals surface area contributed by atoms with E-state index in [0.717, 1.165) is 32.3 Å². The molecule has 3 fully saturated rings. The maximum absolute atomic E-state index is 6.00. The van der Waals surface area contributed by atoms with E-state index in [1.807, 2.05) is 7.05 Å². The first-order valence-electron chi connectivity index (χ1n) is 8.66. The monoisotopic (exact) mass is 309 g/mol. The molecule has 0 spiro atoms. The van der Waals surface area contributed by atoms with Crippen molar-refractivity contribution in [3.63, 3.8) is 0 Å². The van der Waals surface area contributed by atoms with Gasteiger partial charge in [-0.25, -0.2) is 0 Å². The predicted octanol–water partition coefficient (Wildman–Crippen LogP) is 1.73. The molecule has 22 heavy (non-hydrogen) atoms. The van der Waals surface area contributed by atoms with Gasteiger partial charge in [-0.05, 0) is 19.3 Å². The first-order chi connectivity index (χ1) is 10.6. The quantitative estimate of drug-likeness (QED) is 0.637. The molecule has 0 radical (unpaired) electrons. The zero-order valence-electron chi connectivity index (χ0n) is 14.5. The Morgan fingerprint density at radius 2 is 2.23 bits per heavy atom. The summed E-state index contributed by atoms with van der Waals surface area (Å²) >= 11 is 0. The number of aliphatic imine (C=N–C) groups is 1. The van der Waals surface area contributed by atoms with Gasteiger partial charge in [0.05, 0.1) is 12.7 Å². The molecule has 4 atom stereocenters. The summed E-state index contributed by atoms with van der Waals surface area (Å²) in [6.07, 6.45) is 4.07. The summed E-state index contributed by atoms with van der Waals surface area (Å²) in [6.45, 7) is 8.54. The zero-order valence-corrected chi connectivity index (χ0v) is 14.5. The topological polar surface area (TPSA) is 46.1 Å². The van der Waals surface area contributed by atoms with E-state index < -0.39 is 0 Å². The van der Waals surface area contributed by atoms with E-state index in [9.17, 15) is 0 Å². The molecule has 2 aliphatic heterocycles. The van der Waals surface area contributed by atoms with E-state index in [-0.39, 0.29) is 5.41 Å². The number of guanidine groups is 1. The minimum Gasteiger partial charge on any atom is -0.384 e. The molecule has 126 valence electrons. The van der Waals surface area contributed by atoms with Gasteiger partial charge < -0.3 is 19.7 Å². The van der Waals surface area contributed by atoms with Gasteiger partial charge in [-0.1, -0.05) is 13.8 Å². The van der Waals surface area contributed by atoms with E-state index in [4.69, 9.17) is 9.47 Å². The van der Waals surface area contributed by atoms with Gasteiger partial charge in [-0.2, -0.15) is 0 Å². The lowest BCUT2D eigenvalue weighted by Crippen LogP contribution is -2.71. The number of fused-ring (bicyclic) bond motifs is 1. The van der Waals surface area contributed by atoms with Crippen molar-refractivity contribution < 1.29 is 9.47 Å². The third-order valence-electron chi connectivity index (χ3n) is 5.82.